The van der Waals surface area contributed by atoms with Crippen LogP contribution in [0.3, 0.4) is 0 Å². The van der Waals surface area contributed by atoms with Crippen molar-refractivity contribution in [1.29, 1.82) is 0 Å². The van der Waals surface area contributed by atoms with Crippen LogP contribution < -0.4 is 0 Å². The van der Waals surface area contributed by atoms with Gasteiger partial charge in [-0.15, -0.1) is 0 Å². The molecule has 0 aromatic rings. The average molecular weight is 320 g/mol. The Balaban J connectivity index is 0. The molecular formula is C13H24O7Si. The van der Waals surface area contributed by atoms with Gasteiger partial charge in [-0.3, -0.25) is 0 Å². The molecule has 0 aliphatic rings. The Morgan fingerprint density at radius 3 is 1.90 bits per heavy atom. The second-order valence-electron chi connectivity index (χ2n) is 3.86. The number of carboxylic acid groups (broad SMARTS) is 1. The van der Waals surface area contributed by atoms with Gasteiger partial charge in [0, 0.05) is 39.0 Å². The van der Waals surface area contributed by atoms with Gasteiger partial charge in [-0.2, -0.15) is 0 Å². The molecule has 0 bridgehead atoms. The van der Waals surface area contributed by atoms with Crippen LogP contribution in [0.15, 0.2) is 24.8 Å². The third-order valence-electron chi connectivity index (χ3n) is 2.32. The van der Waals surface area contributed by atoms with Crippen LogP contribution in [-0.4, -0.2) is 53.8 Å². The van der Waals surface area contributed by atoms with Crippen molar-refractivity contribution in [2.45, 2.75) is 19.4 Å². The smallest absolute Gasteiger partial charge is 0.478 e. The lowest BCUT2D eigenvalue weighted by atomic mass is 10.4. The number of rotatable bonds is 9. The zero-order chi connectivity index (χ0) is 16.9. The molecular weight excluding hydrogens is 296 g/mol. The first-order valence-electron chi connectivity index (χ1n) is 6.12. The van der Waals surface area contributed by atoms with Gasteiger partial charge in [0.15, 0.2) is 0 Å². The summed E-state index contributed by atoms with van der Waals surface area (Å²) in [6.45, 7) is 8.38. The summed E-state index contributed by atoms with van der Waals surface area (Å²) in [6, 6.07) is 0.611. The molecule has 0 amide bonds. The van der Waals surface area contributed by atoms with Crippen LogP contribution in [0.1, 0.15) is 13.3 Å². The Labute approximate surface area is 126 Å². The Morgan fingerprint density at radius 1 is 1.19 bits per heavy atom. The van der Waals surface area contributed by atoms with Crippen LogP contribution in [0.25, 0.3) is 0 Å². The lowest BCUT2D eigenvalue weighted by Gasteiger charge is -2.24. The van der Waals surface area contributed by atoms with Crippen LogP contribution in [0, 0.1) is 0 Å². The standard InChI is InChI=1S/C10H20O5Si.C3H4O2/c1-9(2)10(11)15-7-6-8-16(12-3,13-4)14-5;1-2-3(4)5/h1,6-8H2,2-5H3;2H,1H2,(H,4,5). The van der Waals surface area contributed by atoms with Crippen LogP contribution >= 0.6 is 0 Å². The van der Waals surface area contributed by atoms with E-state index >= 15 is 0 Å². The lowest BCUT2D eigenvalue weighted by Crippen LogP contribution is -2.42. The summed E-state index contributed by atoms with van der Waals surface area (Å²) >= 11 is 0. The maximum absolute atomic E-state index is 11.1. The number of carbonyl (C=O) groups is 2. The zero-order valence-corrected chi connectivity index (χ0v) is 14.0. The molecule has 0 aromatic carbocycles. The highest BCUT2D eigenvalue weighted by Gasteiger charge is 2.36. The van der Waals surface area contributed by atoms with Crippen LogP contribution in [0.2, 0.25) is 6.04 Å². The van der Waals surface area contributed by atoms with Gasteiger partial charge >= 0.3 is 20.7 Å². The number of hydrogen-bond acceptors (Lipinski definition) is 6. The van der Waals surface area contributed by atoms with E-state index in [0.717, 1.165) is 6.08 Å². The maximum atomic E-state index is 11.1. The molecule has 21 heavy (non-hydrogen) atoms. The molecule has 0 aliphatic heterocycles. The lowest BCUT2D eigenvalue weighted by molar-refractivity contribution is -0.139. The van der Waals surface area contributed by atoms with E-state index < -0.39 is 14.8 Å². The normalized spacial score (nSPS) is 10.1. The van der Waals surface area contributed by atoms with Crippen molar-refractivity contribution in [2.75, 3.05) is 27.9 Å². The first-order chi connectivity index (χ1) is 9.78. The summed E-state index contributed by atoms with van der Waals surface area (Å²) in [7, 11) is 2.13. The molecule has 7 nitrogen and oxygen atoms in total. The predicted molar refractivity (Wildman–Crippen MR) is 79.8 cm³/mol. The number of aliphatic carboxylic acids is 1. The van der Waals surface area contributed by atoms with Gasteiger partial charge in [-0.05, 0) is 13.3 Å². The van der Waals surface area contributed by atoms with Crippen LogP contribution in [0.4, 0.5) is 0 Å². The van der Waals surface area contributed by atoms with Crippen LogP contribution in [0.5, 0.6) is 0 Å². The molecule has 0 saturated heterocycles. The third kappa shape index (κ3) is 10.9. The molecule has 1 N–H and O–H groups in total. The number of esters is 1. The number of ether oxygens (including phenoxy) is 1. The molecule has 0 aliphatic carbocycles. The fourth-order valence-electron chi connectivity index (χ4n) is 1.13. The van der Waals surface area contributed by atoms with E-state index in [1.807, 2.05) is 0 Å². The second kappa shape index (κ2) is 12.3. The molecule has 0 unspecified atom stereocenters. The summed E-state index contributed by atoms with van der Waals surface area (Å²) in [5.41, 5.74) is 0.397. The summed E-state index contributed by atoms with van der Waals surface area (Å²) in [4.78, 5) is 20.3. The Kier molecular flexibility index (Phi) is 12.7. The second-order valence-corrected chi connectivity index (χ2v) is 6.95. The molecule has 122 valence electrons. The summed E-state index contributed by atoms with van der Waals surface area (Å²) in [5, 5.41) is 7.60. The summed E-state index contributed by atoms with van der Waals surface area (Å²) in [6.07, 6.45) is 1.47. The van der Waals surface area contributed by atoms with Crippen molar-refractivity contribution in [1.82, 2.24) is 0 Å². The SMILES string of the molecule is C=C(C)C(=O)OCCC[Si](OC)(OC)OC.C=CC(=O)O. The molecule has 0 saturated carbocycles. The van der Waals surface area contributed by atoms with Gasteiger partial charge in [-0.1, -0.05) is 13.2 Å². The molecule has 8 heteroatoms. The molecule has 0 rings (SSSR count). The molecule has 0 atom stereocenters. The van der Waals surface area contributed by atoms with Gasteiger partial charge in [-0.25, -0.2) is 9.59 Å². The van der Waals surface area contributed by atoms with Crippen molar-refractivity contribution >= 4 is 20.7 Å². The minimum Gasteiger partial charge on any atom is -0.478 e. The van der Waals surface area contributed by atoms with E-state index in [4.69, 9.17) is 23.1 Å². The average Bonchev–Trinajstić information content (AvgIpc) is 2.48. The molecule has 0 aromatic heterocycles. The number of carbonyl (C=O) groups excluding carboxylic acids is 1. The van der Waals surface area contributed by atoms with Crippen LogP contribution in [-0.2, 0) is 27.6 Å². The highest BCUT2D eigenvalue weighted by Crippen LogP contribution is 2.14. The Morgan fingerprint density at radius 2 is 1.62 bits per heavy atom. The van der Waals surface area contributed by atoms with Crippen molar-refractivity contribution in [3.05, 3.63) is 24.8 Å². The van der Waals surface area contributed by atoms with Crippen molar-refractivity contribution in [3.63, 3.8) is 0 Å². The Bertz CT molecular complexity index is 342. The Hall–Kier alpha value is -1.48. The number of hydrogen-bond donors (Lipinski definition) is 1. The van der Waals surface area contributed by atoms with E-state index in [2.05, 4.69) is 13.2 Å². The van der Waals surface area contributed by atoms with E-state index in [1.54, 1.807) is 28.3 Å². The number of carboxylic acids is 1. The fraction of sp³-hybridized carbons (Fsp3) is 0.538. The quantitative estimate of drug-likeness (QED) is 0.299. The van der Waals surface area contributed by atoms with Gasteiger partial charge in [0.25, 0.3) is 0 Å². The molecule has 0 heterocycles. The molecule has 0 fully saturated rings. The minimum atomic E-state index is -2.53. The van der Waals surface area contributed by atoms with E-state index in [9.17, 15) is 9.59 Å². The first-order valence-corrected chi connectivity index (χ1v) is 8.05. The summed E-state index contributed by atoms with van der Waals surface area (Å²) in [5.74, 6) is -1.36. The zero-order valence-electron chi connectivity index (χ0n) is 13.0. The molecule has 0 spiro atoms. The maximum Gasteiger partial charge on any atom is 0.500 e. The topological polar surface area (TPSA) is 91.3 Å². The highest BCUT2D eigenvalue weighted by atomic mass is 28.4. The van der Waals surface area contributed by atoms with Crippen molar-refractivity contribution in [3.8, 4) is 0 Å². The third-order valence-corrected chi connectivity index (χ3v) is 5.15. The van der Waals surface area contributed by atoms with Gasteiger partial charge in [0.05, 0.1) is 6.61 Å². The largest absolute Gasteiger partial charge is 0.500 e. The van der Waals surface area contributed by atoms with E-state index in [1.165, 1.54) is 0 Å². The van der Waals surface area contributed by atoms with Gasteiger partial charge in [0.1, 0.15) is 0 Å². The van der Waals surface area contributed by atoms with E-state index in [0.29, 0.717) is 24.6 Å². The monoisotopic (exact) mass is 320 g/mol. The predicted octanol–water partition coefficient (Wildman–Crippen LogP) is 1.63. The summed E-state index contributed by atoms with van der Waals surface area (Å²) < 4.78 is 20.6. The van der Waals surface area contributed by atoms with Gasteiger partial charge in [0.2, 0.25) is 0 Å². The fourth-order valence-corrected chi connectivity index (χ4v) is 2.82. The van der Waals surface area contributed by atoms with Crippen molar-refractivity contribution in [2.24, 2.45) is 0 Å². The van der Waals surface area contributed by atoms with E-state index in [-0.39, 0.29) is 5.97 Å². The first kappa shape index (κ1) is 21.8. The minimum absolute atomic E-state index is 0.316. The van der Waals surface area contributed by atoms with Crippen molar-refractivity contribution < 1.29 is 32.7 Å². The molecule has 0 radical (unpaired) electrons. The van der Waals surface area contributed by atoms with Gasteiger partial charge < -0.3 is 23.1 Å². The highest BCUT2D eigenvalue weighted by molar-refractivity contribution is 6.60.